The van der Waals surface area contributed by atoms with Crippen molar-refractivity contribution in [2.75, 3.05) is 5.32 Å². The highest BCUT2D eigenvalue weighted by Gasteiger charge is 2.23. The van der Waals surface area contributed by atoms with E-state index in [9.17, 15) is 19.5 Å². The van der Waals surface area contributed by atoms with Crippen molar-refractivity contribution in [3.05, 3.63) is 126 Å². The molecule has 3 N–H and O–H groups in total. The minimum absolute atomic E-state index is 0.0268. The van der Waals surface area contributed by atoms with E-state index in [4.69, 9.17) is 0 Å². The maximum atomic E-state index is 13.0. The van der Waals surface area contributed by atoms with Gasteiger partial charge in [0.1, 0.15) is 6.04 Å². The zero-order valence-corrected chi connectivity index (χ0v) is 26.5. The molecule has 0 aliphatic rings. The van der Waals surface area contributed by atoms with Gasteiger partial charge < -0.3 is 15.7 Å². The molecular weight excluding hydrogens is 524 g/mol. The summed E-state index contributed by atoms with van der Waals surface area (Å²) in [5, 5.41) is 14.9. The van der Waals surface area contributed by atoms with E-state index < -0.39 is 17.9 Å². The Labute approximate surface area is 252 Å². The molecule has 0 bridgehead atoms. The van der Waals surface area contributed by atoms with E-state index in [1.807, 2.05) is 71.1 Å². The van der Waals surface area contributed by atoms with Crippen LogP contribution in [0, 0.1) is 6.92 Å². The van der Waals surface area contributed by atoms with Crippen LogP contribution in [0.5, 0.6) is 0 Å². The second-order valence-electron chi connectivity index (χ2n) is 10.2. The third kappa shape index (κ3) is 13.8. The summed E-state index contributed by atoms with van der Waals surface area (Å²) in [4.78, 5) is 37.6. The van der Waals surface area contributed by atoms with E-state index >= 15 is 0 Å². The number of aryl methyl sites for hydroxylation is 1. The summed E-state index contributed by atoms with van der Waals surface area (Å²) in [5.41, 5.74) is 3.31. The average Bonchev–Trinajstić information content (AvgIpc) is 2.96. The van der Waals surface area contributed by atoms with Gasteiger partial charge in [-0.1, -0.05) is 120 Å². The number of carboxylic acid groups (broad SMARTS) is 1. The highest BCUT2D eigenvalue weighted by Crippen LogP contribution is 2.23. The van der Waals surface area contributed by atoms with Crippen molar-refractivity contribution in [2.24, 2.45) is 0 Å². The van der Waals surface area contributed by atoms with Crippen molar-refractivity contribution in [3.8, 4) is 0 Å². The number of nitrogens with one attached hydrogen (secondary N) is 2. The van der Waals surface area contributed by atoms with E-state index in [-0.39, 0.29) is 23.3 Å². The van der Waals surface area contributed by atoms with Crippen LogP contribution >= 0.6 is 0 Å². The molecule has 2 aromatic carbocycles. The predicted molar refractivity (Wildman–Crippen MR) is 177 cm³/mol. The van der Waals surface area contributed by atoms with Crippen LogP contribution in [0.3, 0.4) is 0 Å². The van der Waals surface area contributed by atoms with Crippen molar-refractivity contribution >= 4 is 23.5 Å². The lowest BCUT2D eigenvalue weighted by molar-refractivity contribution is -0.139. The summed E-state index contributed by atoms with van der Waals surface area (Å²) in [6.45, 7) is 23.5. The molecule has 6 nitrogen and oxygen atoms in total. The number of aliphatic carboxylic acids is 1. The number of rotatable bonds is 10. The molecule has 0 saturated heterocycles. The van der Waals surface area contributed by atoms with Crippen LogP contribution in [0.1, 0.15) is 86.7 Å². The van der Waals surface area contributed by atoms with Crippen LogP contribution in [-0.4, -0.2) is 28.9 Å². The monoisotopic (exact) mass is 572 g/mol. The van der Waals surface area contributed by atoms with E-state index in [2.05, 4.69) is 44.6 Å². The van der Waals surface area contributed by atoms with Crippen molar-refractivity contribution in [1.82, 2.24) is 5.32 Å². The van der Waals surface area contributed by atoms with E-state index in [1.54, 1.807) is 48.6 Å². The second-order valence-corrected chi connectivity index (χ2v) is 10.2. The molecule has 6 heteroatoms. The van der Waals surface area contributed by atoms with Crippen LogP contribution < -0.4 is 10.6 Å². The molecule has 1 atom stereocenters. The number of benzene rings is 2. The number of anilines is 1. The van der Waals surface area contributed by atoms with Crippen molar-refractivity contribution < 1.29 is 19.5 Å². The van der Waals surface area contributed by atoms with E-state index in [0.29, 0.717) is 16.8 Å². The van der Waals surface area contributed by atoms with E-state index in [1.165, 1.54) is 0 Å². The Morgan fingerprint density at radius 3 is 1.98 bits per heavy atom. The molecular formula is C36H48N2O4. The fourth-order valence-corrected chi connectivity index (χ4v) is 3.46. The van der Waals surface area contributed by atoms with Gasteiger partial charge in [-0.05, 0) is 56.0 Å². The standard InChI is InChI=1S/C28H32N2O4.C6H10.C2H6/c1-7-8-9-18(2)17-24(27(33)34)30-26(32)22-16-19(3)10-15-23(22)29-25(31)20-11-13-21(14-12-20)28(4,5)6;1-3-5-6-4-2;1-2/h7-16,24H,1-2,17H2,3-6H3,(H,29,31)(H,30,32)(H,33,34);3-6H,1-2H3;1-2H3/b9-8-;5-3-,6-4-;/t24-;;/m0../s1. The van der Waals surface area contributed by atoms with Crippen molar-refractivity contribution in [1.29, 1.82) is 0 Å². The van der Waals surface area contributed by atoms with Gasteiger partial charge in [-0.25, -0.2) is 4.79 Å². The van der Waals surface area contributed by atoms with Crippen LogP contribution in [0.2, 0.25) is 0 Å². The minimum Gasteiger partial charge on any atom is -0.480 e. The van der Waals surface area contributed by atoms with Crippen molar-refractivity contribution in [3.63, 3.8) is 0 Å². The SMILES string of the molecule is C/C=C\C=C/C.C=C/C=C\C(=C)C[C@H](NC(=O)c1cc(C)ccc1NC(=O)c1ccc(C(C)(C)C)cc1)C(=O)O.CC. The molecule has 0 aliphatic carbocycles. The van der Waals surface area contributed by atoms with E-state index in [0.717, 1.165) is 11.1 Å². The maximum absolute atomic E-state index is 13.0. The summed E-state index contributed by atoms with van der Waals surface area (Å²) in [6.07, 6.45) is 12.9. The number of carbonyl (C=O) groups excluding carboxylic acids is 2. The van der Waals surface area contributed by atoms with Crippen molar-refractivity contribution in [2.45, 2.75) is 73.3 Å². The Morgan fingerprint density at radius 2 is 1.50 bits per heavy atom. The molecule has 0 radical (unpaired) electrons. The fraction of sp³-hybridized carbons (Fsp3) is 0.306. The molecule has 2 rings (SSSR count). The first kappa shape index (κ1) is 37.6. The normalized spacial score (nSPS) is 11.6. The summed E-state index contributed by atoms with van der Waals surface area (Å²) < 4.78 is 0. The van der Waals surface area contributed by atoms with Gasteiger partial charge in [0, 0.05) is 12.0 Å². The fourth-order valence-electron chi connectivity index (χ4n) is 3.46. The average molecular weight is 573 g/mol. The van der Waals surface area contributed by atoms with Gasteiger partial charge in [0.15, 0.2) is 0 Å². The van der Waals surface area contributed by atoms with Gasteiger partial charge in [0.05, 0.1) is 11.3 Å². The lowest BCUT2D eigenvalue weighted by Gasteiger charge is -2.19. The summed E-state index contributed by atoms with van der Waals surface area (Å²) in [7, 11) is 0. The molecule has 0 spiro atoms. The molecule has 0 aliphatic heterocycles. The Balaban J connectivity index is 0.00000186. The third-order valence-electron chi connectivity index (χ3n) is 5.71. The molecule has 2 aromatic rings. The zero-order chi connectivity index (χ0) is 32.3. The first-order chi connectivity index (χ1) is 19.8. The van der Waals surface area contributed by atoms with Gasteiger partial charge in [-0.3, -0.25) is 9.59 Å². The maximum Gasteiger partial charge on any atom is 0.326 e. The minimum atomic E-state index is -1.18. The number of amides is 2. The quantitative estimate of drug-likeness (QED) is 0.249. The molecule has 0 saturated carbocycles. The number of allylic oxidation sites excluding steroid dienone is 7. The van der Waals surface area contributed by atoms with Gasteiger partial charge in [0.25, 0.3) is 11.8 Å². The number of carbonyl (C=O) groups is 3. The van der Waals surface area contributed by atoms with Gasteiger partial charge in [-0.2, -0.15) is 0 Å². The van der Waals surface area contributed by atoms with Crippen LogP contribution in [0.4, 0.5) is 5.69 Å². The van der Waals surface area contributed by atoms with Gasteiger partial charge >= 0.3 is 5.97 Å². The third-order valence-corrected chi connectivity index (χ3v) is 5.71. The first-order valence-electron chi connectivity index (χ1n) is 14.1. The predicted octanol–water partition coefficient (Wildman–Crippen LogP) is 8.58. The molecule has 0 heterocycles. The molecule has 0 fully saturated rings. The number of hydrogen-bond acceptors (Lipinski definition) is 3. The molecule has 42 heavy (non-hydrogen) atoms. The molecule has 0 aromatic heterocycles. The summed E-state index contributed by atoms with van der Waals surface area (Å²) in [5.74, 6) is -2.15. The molecule has 226 valence electrons. The Morgan fingerprint density at radius 1 is 0.929 bits per heavy atom. The van der Waals surface area contributed by atoms with Crippen LogP contribution in [-0.2, 0) is 10.2 Å². The molecule has 2 amide bonds. The highest BCUT2D eigenvalue weighted by atomic mass is 16.4. The lowest BCUT2D eigenvalue weighted by Crippen LogP contribution is -2.41. The topological polar surface area (TPSA) is 95.5 Å². The molecule has 0 unspecified atom stereocenters. The first-order valence-corrected chi connectivity index (χ1v) is 14.1. The van der Waals surface area contributed by atoms with Gasteiger partial charge in [-0.15, -0.1) is 0 Å². The highest BCUT2D eigenvalue weighted by molar-refractivity contribution is 6.09. The number of carboxylic acids is 1. The summed E-state index contributed by atoms with van der Waals surface area (Å²) >= 11 is 0. The Hall–Kier alpha value is -4.45. The van der Waals surface area contributed by atoms with Crippen LogP contribution in [0.25, 0.3) is 0 Å². The number of hydrogen-bond donors (Lipinski definition) is 3. The second kappa shape index (κ2) is 19.6. The Kier molecular flexibility index (Phi) is 17.5. The van der Waals surface area contributed by atoms with Gasteiger partial charge in [0.2, 0.25) is 0 Å². The Bertz CT molecular complexity index is 1270. The zero-order valence-electron chi connectivity index (χ0n) is 26.5. The summed E-state index contributed by atoms with van der Waals surface area (Å²) in [6, 6.07) is 11.1. The lowest BCUT2D eigenvalue weighted by atomic mass is 9.86. The van der Waals surface area contributed by atoms with Crippen LogP contribution in [0.15, 0.2) is 104 Å². The largest absolute Gasteiger partial charge is 0.480 e. The smallest absolute Gasteiger partial charge is 0.326 e.